The fourth-order valence-corrected chi connectivity index (χ4v) is 3.40. The standard InChI is InChI=1S/C15H22N2O4S/c1-21-12-13-4-6-14(7-5-13)15(18)16-8-3-9-17(11-10-16)22(2,19)20/h4-7H,3,8-12H2,1-2H3. The Bertz CT molecular complexity index is 613. The van der Waals surface area contributed by atoms with Crippen molar-refractivity contribution in [3.63, 3.8) is 0 Å². The summed E-state index contributed by atoms with van der Waals surface area (Å²) in [6.45, 7) is 2.33. The number of amides is 1. The number of ether oxygens (including phenoxy) is 1. The normalized spacial score (nSPS) is 17.3. The van der Waals surface area contributed by atoms with Crippen LogP contribution < -0.4 is 0 Å². The Hall–Kier alpha value is -1.44. The van der Waals surface area contributed by atoms with Crippen LogP contribution in [0.25, 0.3) is 0 Å². The van der Waals surface area contributed by atoms with E-state index in [4.69, 9.17) is 4.74 Å². The Morgan fingerprint density at radius 3 is 2.41 bits per heavy atom. The average Bonchev–Trinajstić information content (AvgIpc) is 2.73. The molecule has 1 heterocycles. The first-order chi connectivity index (χ1) is 10.4. The minimum atomic E-state index is -3.19. The van der Waals surface area contributed by atoms with Gasteiger partial charge in [0, 0.05) is 38.9 Å². The van der Waals surface area contributed by atoms with Crippen LogP contribution in [-0.4, -0.2) is 63.1 Å². The second-order valence-electron chi connectivity index (χ2n) is 5.44. The van der Waals surface area contributed by atoms with E-state index in [0.29, 0.717) is 44.8 Å². The van der Waals surface area contributed by atoms with Crippen LogP contribution in [0.1, 0.15) is 22.3 Å². The van der Waals surface area contributed by atoms with Crippen molar-refractivity contribution in [1.29, 1.82) is 0 Å². The Morgan fingerprint density at radius 2 is 1.82 bits per heavy atom. The summed E-state index contributed by atoms with van der Waals surface area (Å²) >= 11 is 0. The maximum absolute atomic E-state index is 12.5. The molecule has 1 amide bonds. The highest BCUT2D eigenvalue weighted by Crippen LogP contribution is 2.12. The van der Waals surface area contributed by atoms with E-state index in [1.54, 1.807) is 24.1 Å². The van der Waals surface area contributed by atoms with Gasteiger partial charge >= 0.3 is 0 Å². The number of carbonyl (C=O) groups excluding carboxylic acids is 1. The van der Waals surface area contributed by atoms with E-state index in [1.165, 1.54) is 10.6 Å². The van der Waals surface area contributed by atoms with E-state index in [0.717, 1.165) is 5.56 Å². The predicted octanol–water partition coefficient (Wildman–Crippen LogP) is 0.941. The zero-order chi connectivity index (χ0) is 16.2. The van der Waals surface area contributed by atoms with Crippen molar-refractivity contribution in [2.24, 2.45) is 0 Å². The molecule has 1 aliphatic rings. The molecule has 22 heavy (non-hydrogen) atoms. The Labute approximate surface area is 131 Å². The van der Waals surface area contributed by atoms with Crippen molar-refractivity contribution in [3.8, 4) is 0 Å². The van der Waals surface area contributed by atoms with Crippen LogP contribution >= 0.6 is 0 Å². The molecule has 122 valence electrons. The molecule has 2 rings (SSSR count). The van der Waals surface area contributed by atoms with E-state index >= 15 is 0 Å². The Morgan fingerprint density at radius 1 is 1.14 bits per heavy atom. The smallest absolute Gasteiger partial charge is 0.253 e. The van der Waals surface area contributed by atoms with E-state index < -0.39 is 10.0 Å². The van der Waals surface area contributed by atoms with Crippen molar-refractivity contribution < 1.29 is 17.9 Å². The van der Waals surface area contributed by atoms with E-state index in [1.807, 2.05) is 12.1 Å². The summed E-state index contributed by atoms with van der Waals surface area (Å²) in [4.78, 5) is 14.2. The van der Waals surface area contributed by atoms with Crippen LogP contribution in [-0.2, 0) is 21.4 Å². The lowest BCUT2D eigenvalue weighted by atomic mass is 10.1. The van der Waals surface area contributed by atoms with Crippen LogP contribution in [0.3, 0.4) is 0 Å². The number of methoxy groups -OCH3 is 1. The molecule has 0 saturated carbocycles. The van der Waals surface area contributed by atoms with Gasteiger partial charge in [-0.15, -0.1) is 0 Å². The monoisotopic (exact) mass is 326 g/mol. The SMILES string of the molecule is COCc1ccc(C(=O)N2CCCN(S(C)(=O)=O)CC2)cc1. The van der Waals surface area contributed by atoms with Gasteiger partial charge in [-0.2, -0.15) is 0 Å². The minimum absolute atomic E-state index is 0.0562. The zero-order valence-electron chi connectivity index (χ0n) is 13.0. The second-order valence-corrected chi connectivity index (χ2v) is 7.42. The van der Waals surface area contributed by atoms with Crippen molar-refractivity contribution in [2.45, 2.75) is 13.0 Å². The summed E-state index contributed by atoms with van der Waals surface area (Å²) in [6.07, 6.45) is 1.86. The molecule has 1 aromatic rings. The van der Waals surface area contributed by atoms with Crippen LogP contribution in [0.5, 0.6) is 0 Å². The van der Waals surface area contributed by atoms with Gasteiger partial charge in [0.2, 0.25) is 10.0 Å². The molecular formula is C15H22N2O4S. The quantitative estimate of drug-likeness (QED) is 0.826. The number of hydrogen-bond donors (Lipinski definition) is 0. The van der Waals surface area contributed by atoms with E-state index in [-0.39, 0.29) is 5.91 Å². The van der Waals surface area contributed by atoms with Gasteiger partial charge < -0.3 is 9.64 Å². The largest absolute Gasteiger partial charge is 0.380 e. The first-order valence-electron chi connectivity index (χ1n) is 7.24. The third kappa shape index (κ3) is 4.28. The highest BCUT2D eigenvalue weighted by Gasteiger charge is 2.24. The van der Waals surface area contributed by atoms with Crippen LogP contribution in [0.2, 0.25) is 0 Å². The fourth-order valence-electron chi connectivity index (χ4n) is 2.52. The number of rotatable bonds is 4. The molecule has 0 bridgehead atoms. The summed E-state index contributed by atoms with van der Waals surface area (Å²) in [7, 11) is -1.56. The Kier molecular flexibility index (Phi) is 5.55. The van der Waals surface area contributed by atoms with Gasteiger partial charge in [0.1, 0.15) is 0 Å². The number of carbonyl (C=O) groups is 1. The zero-order valence-corrected chi connectivity index (χ0v) is 13.8. The summed E-state index contributed by atoms with van der Waals surface area (Å²) in [6, 6.07) is 7.32. The Balaban J connectivity index is 2.03. The lowest BCUT2D eigenvalue weighted by Gasteiger charge is -2.21. The molecule has 0 spiro atoms. The lowest BCUT2D eigenvalue weighted by Crippen LogP contribution is -2.36. The molecule has 0 radical (unpaired) electrons. The van der Waals surface area contributed by atoms with Gasteiger partial charge in [-0.05, 0) is 24.1 Å². The third-order valence-electron chi connectivity index (χ3n) is 3.72. The molecule has 1 aromatic carbocycles. The number of benzene rings is 1. The van der Waals surface area contributed by atoms with Gasteiger partial charge in [-0.1, -0.05) is 12.1 Å². The highest BCUT2D eigenvalue weighted by molar-refractivity contribution is 7.88. The molecular weight excluding hydrogens is 304 g/mol. The summed E-state index contributed by atoms with van der Waals surface area (Å²) in [5.74, 6) is -0.0562. The number of nitrogens with zero attached hydrogens (tertiary/aromatic N) is 2. The van der Waals surface area contributed by atoms with Crippen molar-refractivity contribution in [3.05, 3.63) is 35.4 Å². The molecule has 7 heteroatoms. The van der Waals surface area contributed by atoms with E-state index in [2.05, 4.69) is 0 Å². The molecule has 1 saturated heterocycles. The predicted molar refractivity (Wildman–Crippen MR) is 84.1 cm³/mol. The van der Waals surface area contributed by atoms with Crippen molar-refractivity contribution in [1.82, 2.24) is 9.21 Å². The maximum Gasteiger partial charge on any atom is 0.253 e. The summed E-state index contributed by atoms with van der Waals surface area (Å²) in [5.41, 5.74) is 1.63. The van der Waals surface area contributed by atoms with Crippen molar-refractivity contribution in [2.75, 3.05) is 39.5 Å². The molecule has 0 atom stereocenters. The molecule has 0 N–H and O–H groups in total. The van der Waals surface area contributed by atoms with Gasteiger partial charge in [0.05, 0.1) is 12.9 Å². The van der Waals surface area contributed by atoms with Gasteiger partial charge in [-0.25, -0.2) is 12.7 Å². The van der Waals surface area contributed by atoms with Gasteiger partial charge in [-0.3, -0.25) is 4.79 Å². The van der Waals surface area contributed by atoms with Crippen LogP contribution in [0.4, 0.5) is 0 Å². The second kappa shape index (κ2) is 7.21. The summed E-state index contributed by atoms with van der Waals surface area (Å²) < 4.78 is 29.7. The molecule has 0 unspecified atom stereocenters. The van der Waals surface area contributed by atoms with Crippen LogP contribution in [0.15, 0.2) is 24.3 Å². The molecule has 6 nitrogen and oxygen atoms in total. The molecule has 1 aliphatic heterocycles. The molecule has 0 aliphatic carbocycles. The average molecular weight is 326 g/mol. The van der Waals surface area contributed by atoms with Crippen LogP contribution in [0, 0.1) is 0 Å². The lowest BCUT2D eigenvalue weighted by molar-refractivity contribution is 0.0764. The minimum Gasteiger partial charge on any atom is -0.380 e. The highest BCUT2D eigenvalue weighted by atomic mass is 32.2. The number of hydrogen-bond acceptors (Lipinski definition) is 4. The molecule has 0 aromatic heterocycles. The van der Waals surface area contributed by atoms with Gasteiger partial charge in [0.25, 0.3) is 5.91 Å². The topological polar surface area (TPSA) is 66.9 Å². The first-order valence-corrected chi connectivity index (χ1v) is 9.09. The third-order valence-corrected chi connectivity index (χ3v) is 5.03. The number of sulfonamides is 1. The fraction of sp³-hybridized carbons (Fsp3) is 0.533. The maximum atomic E-state index is 12.5. The first kappa shape index (κ1) is 16.9. The van der Waals surface area contributed by atoms with E-state index in [9.17, 15) is 13.2 Å². The van der Waals surface area contributed by atoms with Crippen molar-refractivity contribution >= 4 is 15.9 Å². The summed E-state index contributed by atoms with van der Waals surface area (Å²) in [5, 5.41) is 0. The van der Waals surface area contributed by atoms with Gasteiger partial charge in [0.15, 0.2) is 0 Å². The molecule has 1 fully saturated rings.